The van der Waals surface area contributed by atoms with Gasteiger partial charge in [-0.1, -0.05) is 43.7 Å². The molecule has 0 bridgehead atoms. The molecular weight excluding hydrogens is 296 g/mol. The van der Waals surface area contributed by atoms with Crippen LogP contribution in [-0.2, 0) is 4.74 Å². The Morgan fingerprint density at radius 3 is 2.71 bits per heavy atom. The molecule has 0 radical (unpaired) electrons. The van der Waals surface area contributed by atoms with Crippen molar-refractivity contribution in [3.8, 4) is 6.07 Å². The van der Waals surface area contributed by atoms with Crippen molar-refractivity contribution in [2.24, 2.45) is 11.8 Å². The summed E-state index contributed by atoms with van der Waals surface area (Å²) in [6, 6.07) is 11.4. The fourth-order valence-corrected chi connectivity index (χ4v) is 3.68. The Kier molecular flexibility index (Phi) is 7.75. The molecule has 24 heavy (non-hydrogen) atoms. The smallest absolute Gasteiger partial charge is 0.0638 e. The number of nitriles is 1. The van der Waals surface area contributed by atoms with Crippen LogP contribution in [0.2, 0.25) is 0 Å². The van der Waals surface area contributed by atoms with Gasteiger partial charge in [0, 0.05) is 25.6 Å². The molecule has 0 aliphatic carbocycles. The van der Waals surface area contributed by atoms with Gasteiger partial charge in [0.05, 0.1) is 12.2 Å². The number of ether oxygens (including phenoxy) is 1. The molecule has 132 valence electrons. The number of aryl methyl sites for hydroxylation is 1. The molecule has 3 heteroatoms. The number of nitrogens with zero attached hydrogens (tertiary/aromatic N) is 1. The van der Waals surface area contributed by atoms with Crippen molar-refractivity contribution < 1.29 is 4.74 Å². The molecule has 0 saturated carbocycles. The lowest BCUT2D eigenvalue weighted by molar-refractivity contribution is -0.0522. The van der Waals surface area contributed by atoms with E-state index in [9.17, 15) is 0 Å². The second-order valence-corrected chi connectivity index (χ2v) is 7.40. The van der Waals surface area contributed by atoms with Gasteiger partial charge in [0.15, 0.2) is 0 Å². The van der Waals surface area contributed by atoms with E-state index in [-0.39, 0.29) is 0 Å². The zero-order valence-electron chi connectivity index (χ0n) is 15.4. The molecule has 0 amide bonds. The molecule has 1 aliphatic rings. The summed E-state index contributed by atoms with van der Waals surface area (Å²) in [5, 5.41) is 12.6. The Morgan fingerprint density at radius 1 is 1.29 bits per heavy atom. The van der Waals surface area contributed by atoms with E-state index in [1.807, 2.05) is 0 Å². The molecular formula is C21H32N2O. The maximum Gasteiger partial charge on any atom is 0.0638 e. The van der Waals surface area contributed by atoms with E-state index in [2.05, 4.69) is 56.4 Å². The molecule has 1 fully saturated rings. The number of nitrogens with one attached hydrogen (secondary N) is 1. The van der Waals surface area contributed by atoms with Crippen molar-refractivity contribution in [2.75, 3.05) is 13.2 Å². The molecule has 1 heterocycles. The van der Waals surface area contributed by atoms with E-state index in [0.717, 1.165) is 26.0 Å². The van der Waals surface area contributed by atoms with Gasteiger partial charge >= 0.3 is 0 Å². The highest BCUT2D eigenvalue weighted by atomic mass is 16.5. The Balaban J connectivity index is 1.98. The van der Waals surface area contributed by atoms with Crippen LogP contribution < -0.4 is 5.32 Å². The predicted molar refractivity (Wildman–Crippen MR) is 98.7 cm³/mol. The molecule has 0 spiro atoms. The lowest BCUT2D eigenvalue weighted by Crippen LogP contribution is -2.40. The van der Waals surface area contributed by atoms with Crippen molar-refractivity contribution in [1.29, 1.82) is 5.26 Å². The number of rotatable bonds is 8. The summed E-state index contributed by atoms with van der Waals surface area (Å²) in [5.74, 6) is 1.15. The first-order valence-electron chi connectivity index (χ1n) is 9.40. The topological polar surface area (TPSA) is 45.0 Å². The third kappa shape index (κ3) is 5.61. The van der Waals surface area contributed by atoms with E-state index >= 15 is 0 Å². The quantitative estimate of drug-likeness (QED) is 0.699. The normalized spacial score (nSPS) is 22.3. The Hall–Kier alpha value is -1.37. The lowest BCUT2D eigenvalue weighted by atomic mass is 9.87. The van der Waals surface area contributed by atoms with Gasteiger partial charge in [0.2, 0.25) is 0 Å². The fraction of sp³-hybridized carbons (Fsp3) is 0.667. The van der Waals surface area contributed by atoms with Crippen molar-refractivity contribution >= 4 is 0 Å². The standard InChI is InChI=1S/C21H32N2O/c1-16(2)21-19(7-6-14-24-21)15-23-20(8-4-5-13-22)18-11-9-17(3)10-12-18/h9-12,16,19-21,23H,4-8,14-15H2,1-3H3. The monoisotopic (exact) mass is 328 g/mol. The largest absolute Gasteiger partial charge is 0.378 e. The first-order chi connectivity index (χ1) is 11.6. The third-order valence-corrected chi connectivity index (χ3v) is 5.04. The van der Waals surface area contributed by atoms with Gasteiger partial charge < -0.3 is 10.1 Å². The zero-order chi connectivity index (χ0) is 17.4. The second kappa shape index (κ2) is 9.81. The Labute approximate surface area is 147 Å². The van der Waals surface area contributed by atoms with Crippen LogP contribution in [0.4, 0.5) is 0 Å². The average molecular weight is 329 g/mol. The molecule has 3 unspecified atom stereocenters. The van der Waals surface area contributed by atoms with Crippen LogP contribution in [0.15, 0.2) is 24.3 Å². The van der Waals surface area contributed by atoms with Crippen LogP contribution >= 0.6 is 0 Å². The first-order valence-corrected chi connectivity index (χ1v) is 9.40. The maximum absolute atomic E-state index is 8.83. The van der Waals surface area contributed by atoms with Crippen molar-refractivity contribution in [3.63, 3.8) is 0 Å². The van der Waals surface area contributed by atoms with Gasteiger partial charge in [-0.25, -0.2) is 0 Å². The molecule has 1 aliphatic heterocycles. The third-order valence-electron chi connectivity index (χ3n) is 5.04. The Morgan fingerprint density at radius 2 is 2.04 bits per heavy atom. The van der Waals surface area contributed by atoms with E-state index < -0.39 is 0 Å². The molecule has 1 aromatic rings. The van der Waals surface area contributed by atoms with Gasteiger partial charge in [-0.05, 0) is 50.0 Å². The molecule has 3 nitrogen and oxygen atoms in total. The van der Waals surface area contributed by atoms with E-state index in [0.29, 0.717) is 30.4 Å². The van der Waals surface area contributed by atoms with Crippen LogP contribution in [0.1, 0.15) is 63.1 Å². The molecule has 0 aromatic heterocycles. The summed E-state index contributed by atoms with van der Waals surface area (Å²) in [6.45, 7) is 8.53. The summed E-state index contributed by atoms with van der Waals surface area (Å²) in [7, 11) is 0. The predicted octanol–water partition coefficient (Wildman–Crippen LogP) is 4.77. The van der Waals surface area contributed by atoms with Gasteiger partial charge in [-0.2, -0.15) is 5.26 Å². The van der Waals surface area contributed by atoms with Gasteiger partial charge in [0.25, 0.3) is 0 Å². The van der Waals surface area contributed by atoms with E-state index in [4.69, 9.17) is 10.00 Å². The van der Waals surface area contributed by atoms with Gasteiger partial charge in [0.1, 0.15) is 0 Å². The number of hydrogen-bond donors (Lipinski definition) is 1. The van der Waals surface area contributed by atoms with Gasteiger partial charge in [-0.3, -0.25) is 0 Å². The molecule has 2 rings (SSSR count). The van der Waals surface area contributed by atoms with Crippen LogP contribution in [-0.4, -0.2) is 19.3 Å². The number of unbranched alkanes of at least 4 members (excludes halogenated alkanes) is 1. The fourth-order valence-electron chi connectivity index (χ4n) is 3.68. The highest BCUT2D eigenvalue weighted by molar-refractivity contribution is 5.24. The minimum Gasteiger partial charge on any atom is -0.378 e. The maximum atomic E-state index is 8.83. The number of hydrogen-bond acceptors (Lipinski definition) is 3. The van der Waals surface area contributed by atoms with Crippen LogP contribution in [0, 0.1) is 30.1 Å². The second-order valence-electron chi connectivity index (χ2n) is 7.40. The van der Waals surface area contributed by atoms with Crippen LogP contribution in [0.3, 0.4) is 0 Å². The van der Waals surface area contributed by atoms with E-state index in [1.165, 1.54) is 24.0 Å². The summed E-state index contributed by atoms with van der Waals surface area (Å²) in [5.41, 5.74) is 2.62. The zero-order valence-corrected chi connectivity index (χ0v) is 15.4. The highest BCUT2D eigenvalue weighted by Crippen LogP contribution is 2.27. The summed E-state index contributed by atoms with van der Waals surface area (Å²) >= 11 is 0. The SMILES string of the molecule is Cc1ccc(C(CCCC#N)NCC2CCCOC2C(C)C)cc1. The molecule has 1 aromatic carbocycles. The summed E-state index contributed by atoms with van der Waals surface area (Å²) in [6.07, 6.45) is 5.36. The number of benzene rings is 1. The first kappa shape index (κ1) is 19.0. The minimum atomic E-state index is 0.327. The lowest BCUT2D eigenvalue weighted by Gasteiger charge is -2.35. The van der Waals surface area contributed by atoms with Crippen molar-refractivity contribution in [2.45, 2.75) is 65.0 Å². The molecule has 1 saturated heterocycles. The van der Waals surface area contributed by atoms with Crippen molar-refractivity contribution in [3.05, 3.63) is 35.4 Å². The van der Waals surface area contributed by atoms with Crippen LogP contribution in [0.5, 0.6) is 0 Å². The van der Waals surface area contributed by atoms with E-state index in [1.54, 1.807) is 0 Å². The van der Waals surface area contributed by atoms with Gasteiger partial charge in [-0.15, -0.1) is 0 Å². The molecule has 3 atom stereocenters. The highest BCUT2D eigenvalue weighted by Gasteiger charge is 2.28. The summed E-state index contributed by atoms with van der Waals surface area (Å²) in [4.78, 5) is 0. The van der Waals surface area contributed by atoms with Crippen LogP contribution in [0.25, 0.3) is 0 Å². The average Bonchev–Trinajstić information content (AvgIpc) is 2.59. The Bertz CT molecular complexity index is 518. The minimum absolute atomic E-state index is 0.327. The van der Waals surface area contributed by atoms with Crippen molar-refractivity contribution in [1.82, 2.24) is 5.32 Å². The molecule has 1 N–H and O–H groups in total. The summed E-state index contributed by atoms with van der Waals surface area (Å²) < 4.78 is 6.02.